The molecule has 0 aromatic heterocycles. The molecular formula is C23H32N4O5. The van der Waals surface area contributed by atoms with Crippen LogP contribution in [0.5, 0.6) is 0 Å². The maximum atomic E-state index is 10.9. The van der Waals surface area contributed by atoms with Gasteiger partial charge in [-0.3, -0.25) is 9.69 Å². The standard InChI is InChI=1S/C23H32N4O5/c24-26-25-18-9-7-17(8-10-18)16-32-21-15-20(28)23(27-11-13-31-14-12-27)19(21)5-3-1-2-4-6-22(29)30/h1,3,7-10,19-21,23,28H,2,4-6,11-16H2,(H,29,30)/t19-,20+,21-,23+/m0/s1. The molecule has 0 radical (unpaired) electrons. The Morgan fingerprint density at radius 2 is 2.03 bits per heavy atom. The highest BCUT2D eigenvalue weighted by molar-refractivity contribution is 5.66. The number of unbranched alkanes of at least 4 members (excludes halogenated alkanes) is 1. The smallest absolute Gasteiger partial charge is 0.303 e. The van der Waals surface area contributed by atoms with Crippen molar-refractivity contribution in [2.45, 2.75) is 57.0 Å². The Bertz CT molecular complexity index is 803. The molecule has 32 heavy (non-hydrogen) atoms. The van der Waals surface area contributed by atoms with Crippen molar-refractivity contribution in [1.82, 2.24) is 4.90 Å². The maximum Gasteiger partial charge on any atom is 0.303 e. The van der Waals surface area contributed by atoms with Gasteiger partial charge in [0.05, 0.1) is 32.0 Å². The van der Waals surface area contributed by atoms with Crippen molar-refractivity contribution in [2.75, 3.05) is 26.3 Å². The van der Waals surface area contributed by atoms with Gasteiger partial charge in [0.1, 0.15) is 0 Å². The lowest BCUT2D eigenvalue weighted by Crippen LogP contribution is -2.50. The molecule has 4 atom stereocenters. The van der Waals surface area contributed by atoms with Crippen molar-refractivity contribution in [1.29, 1.82) is 0 Å². The quantitative estimate of drug-likeness (QED) is 0.176. The zero-order chi connectivity index (χ0) is 22.8. The van der Waals surface area contributed by atoms with Gasteiger partial charge in [0.2, 0.25) is 0 Å². The number of carboxylic acids is 1. The van der Waals surface area contributed by atoms with Crippen molar-refractivity contribution in [3.63, 3.8) is 0 Å². The lowest BCUT2D eigenvalue weighted by Gasteiger charge is -2.37. The summed E-state index contributed by atoms with van der Waals surface area (Å²) in [6, 6.07) is 7.30. The molecule has 1 heterocycles. The fraction of sp³-hybridized carbons (Fsp3) is 0.609. The Morgan fingerprint density at radius 3 is 2.72 bits per heavy atom. The summed E-state index contributed by atoms with van der Waals surface area (Å²) < 4.78 is 11.8. The molecule has 2 aliphatic rings. The van der Waals surface area contributed by atoms with Crippen LogP contribution in [0.4, 0.5) is 5.69 Å². The molecule has 0 spiro atoms. The van der Waals surface area contributed by atoms with Crippen LogP contribution in [0, 0.1) is 5.92 Å². The van der Waals surface area contributed by atoms with Gasteiger partial charge < -0.3 is 19.7 Å². The van der Waals surface area contributed by atoms with Crippen LogP contribution in [0.25, 0.3) is 10.4 Å². The second-order valence-electron chi connectivity index (χ2n) is 8.30. The first-order chi connectivity index (χ1) is 15.6. The molecular weight excluding hydrogens is 412 g/mol. The van der Waals surface area contributed by atoms with Crippen LogP contribution in [0.15, 0.2) is 41.5 Å². The fourth-order valence-electron chi connectivity index (χ4n) is 4.59. The molecule has 1 aliphatic carbocycles. The molecule has 0 unspecified atom stereocenters. The third-order valence-corrected chi connectivity index (χ3v) is 6.15. The first-order valence-corrected chi connectivity index (χ1v) is 11.2. The number of aliphatic carboxylic acids is 1. The largest absolute Gasteiger partial charge is 0.481 e. The Hall–Kier alpha value is -2.42. The summed E-state index contributed by atoms with van der Waals surface area (Å²) in [5, 5.41) is 23.2. The second kappa shape index (κ2) is 12.6. The van der Waals surface area contributed by atoms with Gasteiger partial charge in [0.15, 0.2) is 0 Å². The monoisotopic (exact) mass is 444 g/mol. The van der Waals surface area contributed by atoms with Crippen molar-refractivity contribution in [2.24, 2.45) is 11.0 Å². The Balaban J connectivity index is 1.62. The number of carboxylic acid groups (broad SMARTS) is 1. The summed E-state index contributed by atoms with van der Waals surface area (Å²) in [6.07, 6.45) is 6.47. The fourth-order valence-corrected chi connectivity index (χ4v) is 4.59. The molecule has 9 heteroatoms. The number of azide groups is 1. The highest BCUT2D eigenvalue weighted by Gasteiger charge is 2.45. The van der Waals surface area contributed by atoms with Crippen LogP contribution in [0.1, 0.15) is 37.7 Å². The predicted molar refractivity (Wildman–Crippen MR) is 119 cm³/mol. The molecule has 1 saturated carbocycles. The minimum absolute atomic E-state index is 0.0138. The lowest BCUT2D eigenvalue weighted by molar-refractivity contribution is -0.137. The van der Waals surface area contributed by atoms with Gasteiger partial charge in [-0.05, 0) is 30.4 Å². The number of allylic oxidation sites excluding steroid dienone is 2. The molecule has 3 rings (SSSR count). The van der Waals surface area contributed by atoms with E-state index >= 15 is 0 Å². The van der Waals surface area contributed by atoms with Gasteiger partial charge in [-0.15, -0.1) is 0 Å². The van der Waals surface area contributed by atoms with E-state index in [1.807, 2.05) is 18.2 Å². The molecule has 174 valence electrons. The van der Waals surface area contributed by atoms with E-state index in [0.29, 0.717) is 38.3 Å². The summed E-state index contributed by atoms with van der Waals surface area (Å²) in [6.45, 7) is 3.36. The number of hydrogen-bond donors (Lipinski definition) is 2. The van der Waals surface area contributed by atoms with Crippen LogP contribution in [0.2, 0.25) is 0 Å². The Morgan fingerprint density at radius 1 is 1.28 bits per heavy atom. The van der Waals surface area contributed by atoms with Crippen molar-refractivity contribution < 1.29 is 24.5 Å². The highest BCUT2D eigenvalue weighted by Crippen LogP contribution is 2.36. The topological polar surface area (TPSA) is 128 Å². The molecule has 2 N–H and O–H groups in total. The summed E-state index contributed by atoms with van der Waals surface area (Å²) >= 11 is 0. The molecule has 1 aromatic rings. The maximum absolute atomic E-state index is 10.9. The van der Waals surface area contributed by atoms with Gasteiger partial charge in [-0.1, -0.05) is 41.5 Å². The molecule has 0 bridgehead atoms. The van der Waals surface area contributed by atoms with Crippen molar-refractivity contribution in [3.8, 4) is 0 Å². The van der Waals surface area contributed by atoms with Gasteiger partial charge in [-0.2, -0.15) is 0 Å². The SMILES string of the molecule is [N-]=[N+]=Nc1ccc(CO[C@H]2C[C@@H](O)[C@H](N3CCOCC3)[C@H]2CC=CCCCC(=O)O)cc1. The van der Waals surface area contributed by atoms with Crippen LogP contribution in [0.3, 0.4) is 0 Å². The van der Waals surface area contributed by atoms with Gasteiger partial charge in [-0.25, -0.2) is 0 Å². The minimum Gasteiger partial charge on any atom is -0.481 e. The van der Waals surface area contributed by atoms with Crippen LogP contribution >= 0.6 is 0 Å². The summed E-state index contributed by atoms with van der Waals surface area (Å²) in [5.41, 5.74) is 10.1. The summed E-state index contributed by atoms with van der Waals surface area (Å²) in [4.78, 5) is 15.8. The number of aliphatic hydroxyl groups excluding tert-OH is 1. The number of ether oxygens (including phenoxy) is 2. The van der Waals surface area contributed by atoms with Crippen molar-refractivity contribution >= 4 is 11.7 Å². The zero-order valence-electron chi connectivity index (χ0n) is 18.3. The van der Waals surface area contributed by atoms with E-state index in [2.05, 4.69) is 21.0 Å². The second-order valence-corrected chi connectivity index (χ2v) is 8.30. The van der Waals surface area contributed by atoms with Gasteiger partial charge in [0.25, 0.3) is 0 Å². The van der Waals surface area contributed by atoms with Crippen LogP contribution < -0.4 is 0 Å². The number of hydrogen-bond acceptors (Lipinski definition) is 6. The zero-order valence-corrected chi connectivity index (χ0v) is 18.3. The van der Waals surface area contributed by atoms with Crippen LogP contribution in [-0.2, 0) is 20.9 Å². The first-order valence-electron chi connectivity index (χ1n) is 11.2. The third kappa shape index (κ3) is 7.05. The van der Waals surface area contributed by atoms with E-state index < -0.39 is 12.1 Å². The van der Waals surface area contributed by atoms with Crippen LogP contribution in [-0.4, -0.2) is 65.6 Å². The first kappa shape index (κ1) is 24.2. The molecule has 9 nitrogen and oxygen atoms in total. The average molecular weight is 445 g/mol. The summed E-state index contributed by atoms with van der Waals surface area (Å²) in [7, 11) is 0. The number of rotatable bonds is 11. The minimum atomic E-state index is -0.773. The molecule has 0 amide bonds. The number of benzene rings is 1. The Labute approximate surface area is 188 Å². The Kier molecular flexibility index (Phi) is 9.52. The van der Waals surface area contributed by atoms with Crippen molar-refractivity contribution in [3.05, 3.63) is 52.4 Å². The molecule has 1 saturated heterocycles. The van der Waals surface area contributed by atoms with E-state index in [1.54, 1.807) is 12.1 Å². The number of aliphatic hydroxyl groups is 1. The molecule has 1 aliphatic heterocycles. The third-order valence-electron chi connectivity index (χ3n) is 6.15. The van der Waals surface area contributed by atoms with Gasteiger partial charge >= 0.3 is 5.97 Å². The normalized spacial score (nSPS) is 26.3. The number of morpholine rings is 1. The molecule has 2 fully saturated rings. The van der Waals surface area contributed by atoms with E-state index in [9.17, 15) is 9.90 Å². The molecule has 1 aromatic carbocycles. The van der Waals surface area contributed by atoms with E-state index in [0.717, 1.165) is 31.5 Å². The lowest BCUT2D eigenvalue weighted by atomic mass is 9.94. The number of nitrogens with zero attached hydrogens (tertiary/aromatic N) is 4. The van der Waals surface area contributed by atoms with E-state index in [4.69, 9.17) is 20.1 Å². The van der Waals surface area contributed by atoms with E-state index in [-0.39, 0.29) is 24.5 Å². The van der Waals surface area contributed by atoms with Gasteiger partial charge in [0, 0.05) is 48.5 Å². The summed E-state index contributed by atoms with van der Waals surface area (Å²) in [5.74, 6) is -0.632. The van der Waals surface area contributed by atoms with E-state index in [1.165, 1.54) is 0 Å². The predicted octanol–water partition coefficient (Wildman–Crippen LogP) is 3.80. The number of carbonyl (C=O) groups is 1. The highest BCUT2D eigenvalue weighted by atomic mass is 16.5. The average Bonchev–Trinajstić information content (AvgIpc) is 3.11.